The predicted molar refractivity (Wildman–Crippen MR) is 123 cm³/mol. The lowest BCUT2D eigenvalue weighted by Gasteiger charge is -2.30. The third-order valence-corrected chi connectivity index (χ3v) is 6.33. The van der Waals surface area contributed by atoms with Crippen LogP contribution in [0.1, 0.15) is 59.6 Å². The average Bonchev–Trinajstić information content (AvgIpc) is 3.13. The number of benzene rings is 1. The van der Waals surface area contributed by atoms with E-state index in [1.54, 1.807) is 44.7 Å². The van der Waals surface area contributed by atoms with Crippen molar-refractivity contribution in [2.45, 2.75) is 59.6 Å². The molecule has 1 aromatic rings. The number of likely N-dealkylation sites (tertiary alicyclic amines) is 1. The standard InChI is InChI=1S/C23H33Cl2NO6/c1-8-30-20(27)23(5,6)14-11-16(26(12-14)21(28)32-22(2,3)4)18-17(31-13-29-7)10-9-15(24)19(18)25/h9-10,14,16H,8,11-13H2,1-7H3/t14?,16-/m1/s1. The van der Waals surface area contributed by atoms with E-state index >= 15 is 0 Å². The van der Waals surface area contributed by atoms with Gasteiger partial charge in [-0.15, -0.1) is 0 Å². The highest BCUT2D eigenvalue weighted by Gasteiger charge is 2.49. The fourth-order valence-electron chi connectivity index (χ4n) is 3.75. The fourth-order valence-corrected chi connectivity index (χ4v) is 4.19. The van der Waals surface area contributed by atoms with Gasteiger partial charge in [-0.25, -0.2) is 4.79 Å². The minimum atomic E-state index is -0.830. The zero-order valence-electron chi connectivity index (χ0n) is 19.8. The smallest absolute Gasteiger partial charge is 0.410 e. The minimum absolute atomic E-state index is 0.00185. The molecule has 0 aromatic heterocycles. The molecule has 1 amide bonds. The Bertz CT molecular complexity index is 837. The third kappa shape index (κ3) is 6.00. The number of carbonyl (C=O) groups is 2. The van der Waals surface area contributed by atoms with E-state index in [0.717, 1.165) is 0 Å². The maximum Gasteiger partial charge on any atom is 0.410 e. The number of hydrogen-bond acceptors (Lipinski definition) is 6. The van der Waals surface area contributed by atoms with Crippen molar-refractivity contribution in [3.05, 3.63) is 27.7 Å². The van der Waals surface area contributed by atoms with Crippen LogP contribution in [-0.2, 0) is 19.0 Å². The van der Waals surface area contributed by atoms with Gasteiger partial charge in [-0.1, -0.05) is 23.2 Å². The van der Waals surface area contributed by atoms with Crippen molar-refractivity contribution in [2.75, 3.05) is 27.1 Å². The molecule has 1 heterocycles. The number of nitrogens with zero attached hydrogens (tertiary/aromatic N) is 1. The summed E-state index contributed by atoms with van der Waals surface area (Å²) in [5.74, 6) is -0.0679. The number of hydrogen-bond donors (Lipinski definition) is 0. The van der Waals surface area contributed by atoms with Crippen LogP contribution in [0.5, 0.6) is 5.75 Å². The van der Waals surface area contributed by atoms with Gasteiger partial charge in [0.25, 0.3) is 0 Å². The topological polar surface area (TPSA) is 74.3 Å². The van der Waals surface area contributed by atoms with Gasteiger partial charge in [0.1, 0.15) is 11.4 Å². The van der Waals surface area contributed by atoms with Gasteiger partial charge in [-0.2, -0.15) is 0 Å². The summed E-state index contributed by atoms with van der Waals surface area (Å²) in [4.78, 5) is 27.5. The van der Waals surface area contributed by atoms with Gasteiger partial charge >= 0.3 is 12.1 Å². The summed E-state index contributed by atoms with van der Waals surface area (Å²) in [6, 6.07) is 2.81. The Morgan fingerprint density at radius 1 is 1.16 bits per heavy atom. The van der Waals surface area contributed by atoms with Crippen molar-refractivity contribution in [1.29, 1.82) is 0 Å². The van der Waals surface area contributed by atoms with Crippen LogP contribution in [0.3, 0.4) is 0 Å². The SMILES string of the molecule is CCOC(=O)C(C)(C)C1C[C@H](c2c(OCOC)ccc(Cl)c2Cl)N(C(=O)OC(C)(C)C)C1. The molecule has 1 aliphatic heterocycles. The molecule has 0 aliphatic carbocycles. The number of amides is 1. The average molecular weight is 490 g/mol. The number of rotatable bonds is 7. The highest BCUT2D eigenvalue weighted by Crippen LogP contribution is 2.49. The van der Waals surface area contributed by atoms with Gasteiger partial charge < -0.3 is 23.8 Å². The maximum absolute atomic E-state index is 13.2. The van der Waals surface area contributed by atoms with Gasteiger partial charge in [0.15, 0.2) is 6.79 Å². The molecule has 1 unspecified atom stereocenters. The van der Waals surface area contributed by atoms with Crippen molar-refractivity contribution < 1.29 is 28.5 Å². The summed E-state index contributed by atoms with van der Waals surface area (Å²) >= 11 is 12.9. The Balaban J connectivity index is 2.53. The van der Waals surface area contributed by atoms with Crippen LogP contribution in [0.15, 0.2) is 12.1 Å². The Morgan fingerprint density at radius 2 is 1.81 bits per heavy atom. The second-order valence-electron chi connectivity index (χ2n) is 9.35. The summed E-state index contributed by atoms with van der Waals surface area (Å²) in [5, 5.41) is 0.622. The molecule has 7 nitrogen and oxygen atoms in total. The highest BCUT2D eigenvalue weighted by atomic mass is 35.5. The molecule has 9 heteroatoms. The normalized spacial score (nSPS) is 19.1. The largest absolute Gasteiger partial charge is 0.467 e. The molecule has 1 aromatic carbocycles. The van der Waals surface area contributed by atoms with Crippen LogP contribution in [0, 0.1) is 11.3 Å². The minimum Gasteiger partial charge on any atom is -0.467 e. The molecule has 32 heavy (non-hydrogen) atoms. The molecule has 0 spiro atoms. The lowest BCUT2D eigenvalue weighted by Crippen LogP contribution is -2.39. The number of esters is 1. The van der Waals surface area contributed by atoms with Crippen LogP contribution < -0.4 is 4.74 Å². The first-order valence-electron chi connectivity index (χ1n) is 10.6. The van der Waals surface area contributed by atoms with Crippen molar-refractivity contribution in [1.82, 2.24) is 4.90 Å². The molecule has 2 atom stereocenters. The van der Waals surface area contributed by atoms with Gasteiger partial charge in [-0.05, 0) is 66.0 Å². The predicted octanol–water partition coefficient (Wildman–Crippen LogP) is 5.86. The van der Waals surface area contributed by atoms with Gasteiger partial charge in [0, 0.05) is 19.2 Å². The first kappa shape index (κ1) is 26.6. The second kappa shape index (κ2) is 10.5. The van der Waals surface area contributed by atoms with Crippen molar-refractivity contribution in [2.24, 2.45) is 11.3 Å². The van der Waals surface area contributed by atoms with E-state index in [4.69, 9.17) is 42.1 Å². The summed E-state index contributed by atoms with van der Waals surface area (Å²) in [7, 11) is 1.51. The Kier molecular flexibility index (Phi) is 8.70. The van der Waals surface area contributed by atoms with E-state index in [0.29, 0.717) is 22.8 Å². The lowest BCUT2D eigenvalue weighted by atomic mass is 9.77. The lowest BCUT2D eigenvalue weighted by molar-refractivity contribution is -0.156. The molecule has 1 saturated heterocycles. The van der Waals surface area contributed by atoms with E-state index < -0.39 is 23.2 Å². The summed E-state index contributed by atoms with van der Waals surface area (Å²) < 4.78 is 21.7. The fraction of sp³-hybridized carbons (Fsp3) is 0.652. The first-order valence-corrected chi connectivity index (χ1v) is 11.4. The van der Waals surface area contributed by atoms with Crippen LogP contribution in [0.4, 0.5) is 4.79 Å². The van der Waals surface area contributed by atoms with Crippen molar-refractivity contribution >= 4 is 35.3 Å². The van der Waals surface area contributed by atoms with E-state index in [2.05, 4.69) is 0 Å². The highest BCUT2D eigenvalue weighted by molar-refractivity contribution is 6.42. The van der Waals surface area contributed by atoms with Gasteiger partial charge in [0.2, 0.25) is 0 Å². The van der Waals surface area contributed by atoms with Crippen molar-refractivity contribution in [3.63, 3.8) is 0 Å². The molecular weight excluding hydrogens is 457 g/mol. The summed E-state index contributed by atoms with van der Waals surface area (Å²) in [6.45, 7) is 11.4. The Morgan fingerprint density at radius 3 is 2.38 bits per heavy atom. The molecule has 2 rings (SSSR count). The van der Waals surface area contributed by atoms with Crippen LogP contribution >= 0.6 is 23.2 Å². The van der Waals surface area contributed by atoms with Crippen LogP contribution in [0.25, 0.3) is 0 Å². The molecule has 0 N–H and O–H groups in total. The number of carbonyl (C=O) groups excluding carboxylic acids is 2. The maximum atomic E-state index is 13.2. The van der Waals surface area contributed by atoms with E-state index in [9.17, 15) is 9.59 Å². The Labute approximate surface area is 200 Å². The molecular formula is C23H33Cl2NO6. The zero-order valence-corrected chi connectivity index (χ0v) is 21.3. The van der Waals surface area contributed by atoms with Crippen LogP contribution in [0.2, 0.25) is 10.0 Å². The van der Waals surface area contributed by atoms with Gasteiger partial charge in [0.05, 0.1) is 28.1 Å². The van der Waals surface area contributed by atoms with E-state index in [1.807, 2.05) is 13.8 Å². The van der Waals surface area contributed by atoms with Crippen LogP contribution in [-0.4, -0.2) is 49.6 Å². The number of ether oxygens (including phenoxy) is 4. The second-order valence-corrected chi connectivity index (χ2v) is 10.1. The molecule has 0 bridgehead atoms. The number of methoxy groups -OCH3 is 1. The molecule has 1 fully saturated rings. The molecule has 1 aliphatic rings. The molecule has 0 saturated carbocycles. The molecule has 180 valence electrons. The molecule has 0 radical (unpaired) electrons. The third-order valence-electron chi connectivity index (χ3n) is 5.51. The Hall–Kier alpha value is -1.70. The quantitative estimate of drug-likeness (QED) is 0.352. The van der Waals surface area contributed by atoms with E-state index in [1.165, 1.54) is 7.11 Å². The number of halogens is 2. The van der Waals surface area contributed by atoms with Crippen molar-refractivity contribution in [3.8, 4) is 5.75 Å². The summed E-state index contributed by atoms with van der Waals surface area (Å²) in [6.07, 6.45) is -0.0486. The zero-order chi connectivity index (χ0) is 24.3. The van der Waals surface area contributed by atoms with Gasteiger partial charge in [-0.3, -0.25) is 4.79 Å². The first-order chi connectivity index (χ1) is 14.8. The summed E-state index contributed by atoms with van der Waals surface area (Å²) in [5.41, 5.74) is -0.961. The monoisotopic (exact) mass is 489 g/mol. The van der Waals surface area contributed by atoms with E-state index in [-0.39, 0.29) is 36.9 Å².